The number of carbonyl (C=O) groups is 6. The lowest BCUT2D eigenvalue weighted by Gasteiger charge is -2.44. The van der Waals surface area contributed by atoms with Gasteiger partial charge in [-0.15, -0.1) is 0 Å². The van der Waals surface area contributed by atoms with E-state index in [0.29, 0.717) is 17.5 Å². The van der Waals surface area contributed by atoms with Gasteiger partial charge >= 0.3 is 5.97 Å². The van der Waals surface area contributed by atoms with Crippen molar-refractivity contribution in [2.24, 2.45) is 11.7 Å². The second-order valence-electron chi connectivity index (χ2n) is 15.2. The minimum absolute atomic E-state index is 0.0207. The molecule has 2 heterocycles. The van der Waals surface area contributed by atoms with Gasteiger partial charge in [-0.1, -0.05) is 74.5 Å². The van der Waals surface area contributed by atoms with Crippen molar-refractivity contribution in [1.82, 2.24) is 26.3 Å². The van der Waals surface area contributed by atoms with Gasteiger partial charge in [-0.25, -0.2) is 4.98 Å². The number of esters is 1. The molecule has 18 nitrogen and oxygen atoms in total. The molecule has 0 saturated carbocycles. The number of aliphatic hydroxyl groups excluding tert-OH is 2. The molecule has 1 aliphatic heterocycles. The standard InChI is InChI=1S/C44H54N6O12/c1-25(2)36(50-34(53)24-60-40-38(47-26(3)52)44(62-33(22-51)39(40)55)61-23-27-11-5-4-6-12-27)43(58)49-32(41(45)56)17-18-35(54)59-20-10-19-46-42(57)30-15-9-14-29-21-28-13-7-8-16-31(28)48-37(29)30/h4-9,11-16,21,25,32-33,36,38-40,44,51,55H,10,17-20,22-24H2,1-3H3,(H2,45,56)(H,46,57)(H,47,52)(H,49,58)(H,50,53)/t32-,33?,36-,38+,39?,40+,44-/m1/s1. The second-order valence-corrected chi connectivity index (χ2v) is 15.2. The van der Waals surface area contributed by atoms with Crippen LogP contribution in [0.2, 0.25) is 0 Å². The summed E-state index contributed by atoms with van der Waals surface area (Å²) < 4.78 is 22.8. The number of primary amides is 1. The third-order valence-corrected chi connectivity index (χ3v) is 10.1. The van der Waals surface area contributed by atoms with Gasteiger partial charge in [-0.2, -0.15) is 0 Å². The number of rotatable bonds is 21. The number of hydrogen-bond acceptors (Lipinski definition) is 13. The molecular weight excluding hydrogens is 805 g/mol. The van der Waals surface area contributed by atoms with Gasteiger partial charge in [0.1, 0.15) is 43.0 Å². The lowest BCUT2D eigenvalue weighted by atomic mass is 9.96. The van der Waals surface area contributed by atoms with E-state index in [2.05, 4.69) is 26.3 Å². The van der Waals surface area contributed by atoms with Crippen molar-refractivity contribution in [2.45, 2.75) is 89.4 Å². The predicted octanol–water partition coefficient (Wildman–Crippen LogP) is 1.13. The van der Waals surface area contributed by atoms with E-state index in [1.165, 1.54) is 6.92 Å². The highest BCUT2D eigenvalue weighted by Gasteiger charge is 2.47. The van der Waals surface area contributed by atoms with E-state index in [0.717, 1.165) is 21.9 Å². The summed E-state index contributed by atoms with van der Waals surface area (Å²) in [6.07, 6.45) is -5.29. The van der Waals surface area contributed by atoms with Gasteiger partial charge in [0.2, 0.25) is 23.6 Å². The van der Waals surface area contributed by atoms with Crippen molar-refractivity contribution in [2.75, 3.05) is 26.4 Å². The van der Waals surface area contributed by atoms with Crippen LogP contribution in [0.4, 0.5) is 0 Å². The van der Waals surface area contributed by atoms with Crippen LogP contribution >= 0.6 is 0 Å². The maximum Gasteiger partial charge on any atom is 0.305 e. The molecule has 3 aromatic carbocycles. The molecule has 332 valence electrons. The smallest absolute Gasteiger partial charge is 0.305 e. The van der Waals surface area contributed by atoms with Crippen molar-refractivity contribution in [3.8, 4) is 0 Å². The number of nitrogens with zero attached hydrogens (tertiary/aromatic N) is 1. The van der Waals surface area contributed by atoms with Gasteiger partial charge < -0.3 is 56.2 Å². The summed E-state index contributed by atoms with van der Waals surface area (Å²) in [5.41, 5.74) is 8.10. The number of ether oxygens (including phenoxy) is 4. The Bertz CT molecular complexity index is 2190. The quantitative estimate of drug-likeness (QED) is 0.0353. The molecule has 2 unspecified atom stereocenters. The zero-order valence-corrected chi connectivity index (χ0v) is 34.8. The lowest BCUT2D eigenvalue weighted by molar-refractivity contribution is -0.279. The molecular formula is C44H54N6O12. The third-order valence-electron chi connectivity index (χ3n) is 10.1. The molecule has 1 saturated heterocycles. The Kier molecular flexibility index (Phi) is 17.2. The summed E-state index contributed by atoms with van der Waals surface area (Å²) in [5, 5.41) is 33.2. The van der Waals surface area contributed by atoms with Crippen LogP contribution in [0, 0.1) is 5.92 Å². The van der Waals surface area contributed by atoms with Crippen LogP contribution in [0.25, 0.3) is 21.8 Å². The number of pyridine rings is 1. The Balaban J connectivity index is 1.08. The maximum absolute atomic E-state index is 13.4. The Labute approximate surface area is 358 Å². The highest BCUT2D eigenvalue weighted by Crippen LogP contribution is 2.26. The van der Waals surface area contributed by atoms with Crippen molar-refractivity contribution >= 4 is 57.3 Å². The number of benzene rings is 3. The fourth-order valence-corrected chi connectivity index (χ4v) is 6.89. The fourth-order valence-electron chi connectivity index (χ4n) is 6.89. The first-order chi connectivity index (χ1) is 29.7. The van der Waals surface area contributed by atoms with Crippen LogP contribution in [0.1, 0.15) is 56.0 Å². The second kappa shape index (κ2) is 22.7. The topological polar surface area (TPSA) is 267 Å². The number of fused-ring (bicyclic) bond motifs is 2. The van der Waals surface area contributed by atoms with Crippen molar-refractivity contribution in [1.29, 1.82) is 0 Å². The Hall–Kier alpha value is -6.05. The molecule has 0 radical (unpaired) electrons. The number of amides is 5. The van der Waals surface area contributed by atoms with E-state index < -0.39 is 91.5 Å². The van der Waals surface area contributed by atoms with E-state index in [1.807, 2.05) is 66.7 Å². The van der Waals surface area contributed by atoms with E-state index in [9.17, 15) is 39.0 Å². The number of carbonyl (C=O) groups excluding carboxylic acids is 6. The fraction of sp³-hybridized carbons (Fsp3) is 0.432. The number of hydrogen-bond donors (Lipinski definition) is 7. The monoisotopic (exact) mass is 858 g/mol. The molecule has 0 aliphatic carbocycles. The zero-order chi connectivity index (χ0) is 44.8. The summed E-state index contributed by atoms with van der Waals surface area (Å²) in [4.78, 5) is 81.3. The molecule has 1 aromatic heterocycles. The van der Waals surface area contributed by atoms with Crippen molar-refractivity contribution < 1.29 is 57.9 Å². The molecule has 4 aromatic rings. The Morgan fingerprint density at radius 1 is 0.919 bits per heavy atom. The van der Waals surface area contributed by atoms with E-state index >= 15 is 0 Å². The maximum atomic E-state index is 13.4. The molecule has 1 fully saturated rings. The predicted molar refractivity (Wildman–Crippen MR) is 225 cm³/mol. The minimum Gasteiger partial charge on any atom is -0.466 e. The number of nitrogens with one attached hydrogen (secondary N) is 4. The van der Waals surface area contributed by atoms with Gasteiger partial charge in [0.25, 0.3) is 5.91 Å². The average molecular weight is 859 g/mol. The number of aromatic nitrogens is 1. The molecule has 0 spiro atoms. The van der Waals surface area contributed by atoms with Gasteiger partial charge in [0.15, 0.2) is 6.29 Å². The van der Waals surface area contributed by atoms with Crippen LogP contribution in [0.15, 0.2) is 78.9 Å². The Morgan fingerprint density at radius 2 is 1.65 bits per heavy atom. The summed E-state index contributed by atoms with van der Waals surface area (Å²) in [5.74, 6) is -4.42. The molecule has 5 amide bonds. The van der Waals surface area contributed by atoms with Gasteiger partial charge in [-0.05, 0) is 42.5 Å². The van der Waals surface area contributed by atoms with E-state index in [-0.39, 0.29) is 38.5 Å². The molecule has 0 bridgehead atoms. The summed E-state index contributed by atoms with van der Waals surface area (Å²) in [6.45, 7) is 3.49. The summed E-state index contributed by atoms with van der Waals surface area (Å²) in [7, 11) is 0. The van der Waals surface area contributed by atoms with Gasteiger partial charge in [0, 0.05) is 30.7 Å². The lowest BCUT2D eigenvalue weighted by Crippen LogP contribution is -2.65. The molecule has 5 rings (SSSR count). The number of aliphatic hydroxyl groups is 2. The van der Waals surface area contributed by atoms with E-state index in [4.69, 9.17) is 24.7 Å². The molecule has 7 atom stereocenters. The van der Waals surface area contributed by atoms with Crippen LogP contribution in [-0.2, 0) is 49.5 Å². The number of nitrogens with two attached hydrogens (primary N) is 1. The van der Waals surface area contributed by atoms with Crippen LogP contribution in [0.5, 0.6) is 0 Å². The van der Waals surface area contributed by atoms with E-state index in [1.54, 1.807) is 26.0 Å². The van der Waals surface area contributed by atoms with Crippen LogP contribution < -0.4 is 27.0 Å². The average Bonchev–Trinajstić information content (AvgIpc) is 3.25. The van der Waals surface area contributed by atoms with Crippen LogP contribution in [0.3, 0.4) is 0 Å². The summed E-state index contributed by atoms with van der Waals surface area (Å²) in [6, 6.07) is 20.5. The zero-order valence-electron chi connectivity index (χ0n) is 34.8. The SMILES string of the molecule is CC(=O)N[C@@H]1[C@H](OCc2ccccc2)OC(CO)C(O)[C@H]1OCC(=O)N[C@@H](C(=O)N[C@H](CCC(=O)OCCCNC(=O)c1cccc2cc3ccccc3nc12)C(N)=O)C(C)C. The van der Waals surface area contributed by atoms with Gasteiger partial charge in [0.05, 0.1) is 36.4 Å². The summed E-state index contributed by atoms with van der Waals surface area (Å²) >= 11 is 0. The van der Waals surface area contributed by atoms with Crippen molar-refractivity contribution in [3.63, 3.8) is 0 Å². The first-order valence-electron chi connectivity index (χ1n) is 20.4. The first kappa shape index (κ1) is 47.0. The van der Waals surface area contributed by atoms with Gasteiger partial charge in [-0.3, -0.25) is 28.8 Å². The molecule has 18 heteroatoms. The largest absolute Gasteiger partial charge is 0.466 e. The van der Waals surface area contributed by atoms with Crippen LogP contribution in [-0.4, -0.2) is 120 Å². The van der Waals surface area contributed by atoms with Crippen molar-refractivity contribution in [3.05, 3.63) is 90.0 Å². The third kappa shape index (κ3) is 13.0. The molecule has 62 heavy (non-hydrogen) atoms. The minimum atomic E-state index is -1.49. The first-order valence-corrected chi connectivity index (χ1v) is 20.4. The molecule has 8 N–H and O–H groups in total. The normalized spacial score (nSPS) is 19.6. The highest BCUT2D eigenvalue weighted by molar-refractivity contribution is 6.07. The highest BCUT2D eigenvalue weighted by atomic mass is 16.7. The Morgan fingerprint density at radius 3 is 2.35 bits per heavy atom. The number of para-hydroxylation sites is 2. The molecule has 1 aliphatic rings.